The molecule has 0 bridgehead atoms. The fourth-order valence-electron chi connectivity index (χ4n) is 2.49. The van der Waals surface area contributed by atoms with E-state index in [4.69, 9.17) is 0 Å². The maximum absolute atomic E-state index is 12.2. The van der Waals surface area contributed by atoms with E-state index in [1.807, 2.05) is 0 Å². The number of hydrogen-bond donors (Lipinski definition) is 2. The average molecular weight is 451 g/mol. The lowest BCUT2D eigenvalue weighted by Crippen LogP contribution is -2.16. The number of carbonyl (C=O) groups excluding carboxylic acids is 2. The summed E-state index contributed by atoms with van der Waals surface area (Å²) in [6.45, 7) is 0. The maximum Gasteiger partial charge on any atom is 0.573 e. The van der Waals surface area contributed by atoms with Gasteiger partial charge in [-0.2, -0.15) is 0 Å². The van der Waals surface area contributed by atoms with Crippen LogP contribution in [0.5, 0.6) is 5.75 Å². The standard InChI is InChI=1S/C20H16F3N3O4S/c1-29-18(28)12-2-4-13(5-3-12)24-17(27)10-15-11-31-19(26-15)25-14-6-8-16(9-7-14)30-20(21,22)23/h2-9,11H,10H2,1H3,(H,24,27)(H,25,26). The fourth-order valence-corrected chi connectivity index (χ4v) is 3.22. The summed E-state index contributed by atoms with van der Waals surface area (Å²) in [4.78, 5) is 27.9. The number of nitrogens with one attached hydrogen (secondary N) is 2. The number of esters is 1. The highest BCUT2D eigenvalue weighted by Crippen LogP contribution is 2.26. The van der Waals surface area contributed by atoms with Crippen LogP contribution in [0.2, 0.25) is 0 Å². The van der Waals surface area contributed by atoms with Gasteiger partial charge in [-0.1, -0.05) is 0 Å². The number of amides is 1. The van der Waals surface area contributed by atoms with E-state index in [1.165, 1.54) is 54.8 Å². The smallest absolute Gasteiger partial charge is 0.465 e. The van der Waals surface area contributed by atoms with Crippen molar-refractivity contribution in [3.63, 3.8) is 0 Å². The number of carbonyl (C=O) groups is 2. The van der Waals surface area contributed by atoms with Gasteiger partial charge >= 0.3 is 12.3 Å². The van der Waals surface area contributed by atoms with Crippen molar-refractivity contribution >= 4 is 39.7 Å². The summed E-state index contributed by atoms with van der Waals surface area (Å²) in [5.74, 6) is -1.09. The Balaban J connectivity index is 1.53. The molecule has 162 valence electrons. The van der Waals surface area contributed by atoms with Crippen LogP contribution in [0, 0.1) is 0 Å². The Bertz CT molecular complexity index is 1050. The number of nitrogens with zero attached hydrogens (tertiary/aromatic N) is 1. The minimum absolute atomic E-state index is 0.0231. The molecule has 31 heavy (non-hydrogen) atoms. The number of methoxy groups -OCH3 is 1. The second kappa shape index (κ2) is 9.47. The highest BCUT2D eigenvalue weighted by molar-refractivity contribution is 7.13. The summed E-state index contributed by atoms with van der Waals surface area (Å²) in [6.07, 6.45) is -4.72. The molecule has 2 aromatic carbocycles. The molecule has 0 aliphatic heterocycles. The molecular weight excluding hydrogens is 435 g/mol. The van der Waals surface area contributed by atoms with Gasteiger partial charge in [0.2, 0.25) is 5.91 Å². The van der Waals surface area contributed by atoms with Crippen LogP contribution >= 0.6 is 11.3 Å². The summed E-state index contributed by atoms with van der Waals surface area (Å²) in [6, 6.07) is 11.5. The van der Waals surface area contributed by atoms with E-state index in [0.29, 0.717) is 27.8 Å². The molecule has 7 nitrogen and oxygen atoms in total. The number of hydrogen-bond acceptors (Lipinski definition) is 7. The Hall–Kier alpha value is -3.60. The predicted octanol–water partition coefficient (Wildman–Crippen LogP) is 4.75. The average Bonchev–Trinajstić information content (AvgIpc) is 3.15. The molecule has 0 aliphatic carbocycles. The third-order valence-corrected chi connectivity index (χ3v) is 4.63. The molecule has 3 rings (SSSR count). The molecule has 1 aromatic heterocycles. The quantitative estimate of drug-likeness (QED) is 0.504. The molecule has 0 spiro atoms. The molecule has 1 heterocycles. The molecule has 0 saturated carbocycles. The lowest BCUT2D eigenvalue weighted by molar-refractivity contribution is -0.274. The van der Waals surface area contributed by atoms with E-state index in [0.717, 1.165) is 0 Å². The summed E-state index contributed by atoms with van der Waals surface area (Å²) in [5.41, 5.74) is 1.93. The molecule has 0 saturated heterocycles. The maximum atomic E-state index is 12.2. The minimum atomic E-state index is -4.75. The Morgan fingerprint density at radius 2 is 1.68 bits per heavy atom. The first-order valence-electron chi connectivity index (χ1n) is 8.77. The van der Waals surface area contributed by atoms with E-state index >= 15 is 0 Å². The van der Waals surface area contributed by atoms with Gasteiger partial charge in [0, 0.05) is 16.8 Å². The van der Waals surface area contributed by atoms with E-state index in [-0.39, 0.29) is 18.1 Å². The molecule has 0 aliphatic rings. The summed E-state index contributed by atoms with van der Waals surface area (Å²) < 4.78 is 45.0. The van der Waals surface area contributed by atoms with E-state index in [1.54, 1.807) is 17.5 Å². The molecule has 0 radical (unpaired) electrons. The van der Waals surface area contributed by atoms with Gasteiger partial charge in [-0.25, -0.2) is 9.78 Å². The monoisotopic (exact) mass is 451 g/mol. The van der Waals surface area contributed by atoms with Crippen LogP contribution in [0.15, 0.2) is 53.9 Å². The molecule has 0 unspecified atom stereocenters. The Morgan fingerprint density at radius 1 is 1.03 bits per heavy atom. The first-order valence-corrected chi connectivity index (χ1v) is 9.65. The second-order valence-corrected chi connectivity index (χ2v) is 6.99. The number of thiazole rings is 1. The van der Waals surface area contributed by atoms with Crippen molar-refractivity contribution in [2.75, 3.05) is 17.7 Å². The zero-order chi connectivity index (χ0) is 22.4. The number of aromatic nitrogens is 1. The van der Waals surface area contributed by atoms with Crippen LogP contribution in [-0.2, 0) is 16.0 Å². The van der Waals surface area contributed by atoms with Crippen molar-refractivity contribution in [3.8, 4) is 5.75 Å². The van der Waals surface area contributed by atoms with Crippen LogP contribution in [0.3, 0.4) is 0 Å². The van der Waals surface area contributed by atoms with E-state index in [9.17, 15) is 22.8 Å². The summed E-state index contributed by atoms with van der Waals surface area (Å²) in [5, 5.41) is 7.84. The number of ether oxygens (including phenoxy) is 2. The third-order valence-electron chi connectivity index (χ3n) is 3.82. The molecule has 3 aromatic rings. The highest BCUT2D eigenvalue weighted by Gasteiger charge is 2.30. The number of halogens is 3. The lowest BCUT2D eigenvalue weighted by Gasteiger charge is -2.09. The Kier molecular flexibility index (Phi) is 6.75. The van der Waals surface area contributed by atoms with Gasteiger partial charge in [0.1, 0.15) is 5.75 Å². The van der Waals surface area contributed by atoms with Crippen LogP contribution in [0.25, 0.3) is 0 Å². The van der Waals surface area contributed by atoms with Crippen molar-refractivity contribution in [2.45, 2.75) is 12.8 Å². The zero-order valence-electron chi connectivity index (χ0n) is 16.0. The Morgan fingerprint density at radius 3 is 2.29 bits per heavy atom. The first kappa shape index (κ1) is 22.1. The number of alkyl halides is 3. The van der Waals surface area contributed by atoms with Gasteiger partial charge in [0.25, 0.3) is 0 Å². The largest absolute Gasteiger partial charge is 0.573 e. The number of benzene rings is 2. The van der Waals surface area contributed by atoms with Crippen molar-refractivity contribution in [1.82, 2.24) is 4.98 Å². The van der Waals surface area contributed by atoms with E-state index < -0.39 is 12.3 Å². The van der Waals surface area contributed by atoms with Gasteiger partial charge in [-0.3, -0.25) is 4.79 Å². The van der Waals surface area contributed by atoms with Gasteiger partial charge in [-0.05, 0) is 48.5 Å². The van der Waals surface area contributed by atoms with Crippen molar-refractivity contribution in [1.29, 1.82) is 0 Å². The lowest BCUT2D eigenvalue weighted by atomic mass is 10.2. The number of rotatable bonds is 7. The summed E-state index contributed by atoms with van der Waals surface area (Å²) in [7, 11) is 1.28. The van der Waals surface area contributed by atoms with Crippen molar-refractivity contribution in [3.05, 3.63) is 65.2 Å². The predicted molar refractivity (Wildman–Crippen MR) is 109 cm³/mol. The normalized spacial score (nSPS) is 11.0. The van der Waals surface area contributed by atoms with Gasteiger partial charge in [-0.15, -0.1) is 24.5 Å². The Labute approximate surface area is 178 Å². The van der Waals surface area contributed by atoms with Gasteiger partial charge in [0.15, 0.2) is 5.13 Å². The highest BCUT2D eigenvalue weighted by atomic mass is 32.1. The molecule has 0 fully saturated rings. The van der Waals surface area contributed by atoms with Crippen molar-refractivity contribution in [2.24, 2.45) is 0 Å². The molecule has 2 N–H and O–H groups in total. The van der Waals surface area contributed by atoms with Crippen LogP contribution in [0.1, 0.15) is 16.1 Å². The van der Waals surface area contributed by atoms with Crippen LogP contribution in [0.4, 0.5) is 29.7 Å². The third kappa shape index (κ3) is 6.71. The summed E-state index contributed by atoms with van der Waals surface area (Å²) >= 11 is 1.25. The second-order valence-electron chi connectivity index (χ2n) is 6.14. The fraction of sp³-hybridized carbons (Fsp3) is 0.150. The molecule has 0 atom stereocenters. The van der Waals surface area contributed by atoms with E-state index in [2.05, 4.69) is 25.1 Å². The first-order chi connectivity index (χ1) is 14.7. The van der Waals surface area contributed by atoms with Gasteiger partial charge < -0.3 is 20.1 Å². The zero-order valence-corrected chi connectivity index (χ0v) is 16.8. The molecule has 1 amide bonds. The minimum Gasteiger partial charge on any atom is -0.465 e. The van der Waals surface area contributed by atoms with Crippen LogP contribution < -0.4 is 15.4 Å². The SMILES string of the molecule is COC(=O)c1ccc(NC(=O)Cc2csc(Nc3ccc(OC(F)(F)F)cc3)n2)cc1. The van der Waals surface area contributed by atoms with Crippen molar-refractivity contribution < 1.29 is 32.2 Å². The number of anilines is 3. The van der Waals surface area contributed by atoms with Gasteiger partial charge in [0.05, 0.1) is 24.8 Å². The van der Waals surface area contributed by atoms with Crippen LogP contribution in [-0.4, -0.2) is 30.3 Å². The topological polar surface area (TPSA) is 89.5 Å². The molecular formula is C20H16F3N3O4S. The molecule has 11 heteroatoms.